The predicted octanol–water partition coefficient (Wildman–Crippen LogP) is 2.20. The quantitative estimate of drug-likeness (QED) is 0.878. The van der Waals surface area contributed by atoms with Gasteiger partial charge in [-0.25, -0.2) is 4.98 Å². The topological polar surface area (TPSA) is 56.5 Å². The molecule has 1 aromatic heterocycles. The van der Waals surface area contributed by atoms with Crippen molar-refractivity contribution < 1.29 is 14.6 Å². The van der Waals surface area contributed by atoms with Gasteiger partial charge in [-0.1, -0.05) is 12.1 Å². The summed E-state index contributed by atoms with van der Waals surface area (Å²) >= 11 is 0. The minimum atomic E-state index is -0.687. The zero-order valence-corrected chi connectivity index (χ0v) is 12.0. The summed E-state index contributed by atoms with van der Waals surface area (Å²) in [7, 11) is 3.15. The number of hydrogen-bond acceptors (Lipinski definition) is 4. The largest absolute Gasteiger partial charge is 0.493 e. The molecule has 5 heteroatoms. The van der Waals surface area contributed by atoms with Crippen molar-refractivity contribution >= 4 is 0 Å². The first-order valence-electron chi connectivity index (χ1n) is 6.60. The van der Waals surface area contributed by atoms with Gasteiger partial charge in [0.1, 0.15) is 5.82 Å². The number of rotatable bonds is 6. The molecule has 2 rings (SSSR count). The summed E-state index contributed by atoms with van der Waals surface area (Å²) in [6.07, 6.45) is 3.40. The fraction of sp³-hybridized carbons (Fsp3) is 0.400. The SMILES string of the molecule is CCn1ccnc1CC(O)c1cccc(OC)c1OC. The van der Waals surface area contributed by atoms with Gasteiger partial charge < -0.3 is 19.1 Å². The number of hydrogen-bond donors (Lipinski definition) is 1. The number of ether oxygens (including phenoxy) is 2. The van der Waals surface area contributed by atoms with Crippen molar-refractivity contribution in [1.29, 1.82) is 0 Å². The smallest absolute Gasteiger partial charge is 0.166 e. The lowest BCUT2D eigenvalue weighted by Crippen LogP contribution is -2.09. The number of aromatic nitrogens is 2. The van der Waals surface area contributed by atoms with Crippen LogP contribution in [0.25, 0.3) is 0 Å². The lowest BCUT2D eigenvalue weighted by atomic mass is 10.0. The van der Waals surface area contributed by atoms with Crippen molar-refractivity contribution in [3.05, 3.63) is 42.0 Å². The van der Waals surface area contributed by atoms with Crippen molar-refractivity contribution in [3.63, 3.8) is 0 Å². The number of benzene rings is 1. The van der Waals surface area contributed by atoms with Gasteiger partial charge in [-0.3, -0.25) is 0 Å². The van der Waals surface area contributed by atoms with Crippen LogP contribution in [0.1, 0.15) is 24.4 Å². The average Bonchev–Trinajstić information content (AvgIpc) is 2.93. The Hall–Kier alpha value is -2.01. The first-order chi connectivity index (χ1) is 9.71. The van der Waals surface area contributed by atoms with E-state index in [1.165, 1.54) is 0 Å². The van der Waals surface area contributed by atoms with E-state index in [-0.39, 0.29) is 0 Å². The molecule has 0 radical (unpaired) electrons. The molecule has 0 fully saturated rings. The third kappa shape index (κ3) is 2.77. The van der Waals surface area contributed by atoms with Gasteiger partial charge in [0, 0.05) is 30.9 Å². The van der Waals surface area contributed by atoms with Crippen LogP contribution in [0.2, 0.25) is 0 Å². The molecule has 1 atom stereocenters. The van der Waals surface area contributed by atoms with E-state index in [9.17, 15) is 5.11 Å². The highest BCUT2D eigenvalue weighted by Gasteiger charge is 2.19. The Morgan fingerprint density at radius 2 is 2.10 bits per heavy atom. The van der Waals surface area contributed by atoms with Crippen molar-refractivity contribution in [2.45, 2.75) is 26.0 Å². The Balaban J connectivity index is 2.27. The summed E-state index contributed by atoms with van der Waals surface area (Å²) in [5.74, 6) is 2.03. The Morgan fingerprint density at radius 1 is 1.30 bits per heavy atom. The summed E-state index contributed by atoms with van der Waals surface area (Å²) < 4.78 is 12.6. The van der Waals surface area contributed by atoms with Gasteiger partial charge in [0.2, 0.25) is 0 Å². The Labute approximate surface area is 118 Å². The van der Waals surface area contributed by atoms with Crippen LogP contribution in [0, 0.1) is 0 Å². The molecular formula is C15H20N2O3. The number of para-hydroxylation sites is 1. The van der Waals surface area contributed by atoms with Crippen LogP contribution in [-0.2, 0) is 13.0 Å². The van der Waals surface area contributed by atoms with Crippen LogP contribution in [0.4, 0.5) is 0 Å². The lowest BCUT2D eigenvalue weighted by molar-refractivity contribution is 0.169. The maximum absolute atomic E-state index is 10.5. The molecule has 1 unspecified atom stereocenters. The van der Waals surface area contributed by atoms with Crippen molar-refractivity contribution in [2.75, 3.05) is 14.2 Å². The highest BCUT2D eigenvalue weighted by atomic mass is 16.5. The molecule has 1 heterocycles. The Kier molecular flexibility index (Phi) is 4.63. The molecule has 0 saturated carbocycles. The number of imidazole rings is 1. The number of aliphatic hydroxyl groups excluding tert-OH is 1. The standard InChI is InChI=1S/C15H20N2O3/c1-4-17-9-8-16-14(17)10-12(18)11-6-5-7-13(19-2)15(11)20-3/h5-9,12,18H,4,10H2,1-3H3. The lowest BCUT2D eigenvalue weighted by Gasteiger charge is -2.17. The molecule has 0 aliphatic carbocycles. The minimum absolute atomic E-state index is 0.435. The first-order valence-corrected chi connectivity index (χ1v) is 6.60. The predicted molar refractivity (Wildman–Crippen MR) is 76.1 cm³/mol. The van der Waals surface area contributed by atoms with E-state index in [1.807, 2.05) is 35.9 Å². The third-order valence-electron chi connectivity index (χ3n) is 3.31. The summed E-state index contributed by atoms with van der Waals surface area (Å²) in [5.41, 5.74) is 0.706. The van der Waals surface area contributed by atoms with Crippen LogP contribution in [0.5, 0.6) is 11.5 Å². The number of aliphatic hydroxyl groups is 1. The van der Waals surface area contributed by atoms with E-state index in [1.54, 1.807) is 20.4 Å². The summed E-state index contributed by atoms with van der Waals surface area (Å²) in [5, 5.41) is 10.5. The highest BCUT2D eigenvalue weighted by Crippen LogP contribution is 2.35. The van der Waals surface area contributed by atoms with Crippen LogP contribution in [0.15, 0.2) is 30.6 Å². The van der Waals surface area contributed by atoms with E-state index in [4.69, 9.17) is 9.47 Å². The van der Waals surface area contributed by atoms with E-state index in [2.05, 4.69) is 4.98 Å². The van der Waals surface area contributed by atoms with E-state index < -0.39 is 6.10 Å². The number of aryl methyl sites for hydroxylation is 1. The van der Waals surface area contributed by atoms with Gasteiger partial charge >= 0.3 is 0 Å². The molecular weight excluding hydrogens is 256 g/mol. The van der Waals surface area contributed by atoms with Gasteiger partial charge in [0.05, 0.1) is 20.3 Å². The molecule has 0 aliphatic heterocycles. The zero-order chi connectivity index (χ0) is 14.5. The summed E-state index contributed by atoms with van der Waals surface area (Å²) in [6, 6.07) is 5.49. The van der Waals surface area contributed by atoms with Gasteiger partial charge in [-0.2, -0.15) is 0 Å². The maximum atomic E-state index is 10.5. The molecule has 1 aromatic carbocycles. The maximum Gasteiger partial charge on any atom is 0.166 e. The Bertz CT molecular complexity index is 566. The van der Waals surface area contributed by atoms with E-state index in [0.29, 0.717) is 23.5 Å². The van der Waals surface area contributed by atoms with Gasteiger partial charge in [0.15, 0.2) is 11.5 Å². The third-order valence-corrected chi connectivity index (χ3v) is 3.31. The van der Waals surface area contributed by atoms with Crippen molar-refractivity contribution in [2.24, 2.45) is 0 Å². The summed E-state index contributed by atoms with van der Waals surface area (Å²) in [6.45, 7) is 2.88. The number of nitrogens with zero attached hydrogens (tertiary/aromatic N) is 2. The zero-order valence-electron chi connectivity index (χ0n) is 12.0. The second kappa shape index (κ2) is 6.43. The molecule has 0 aliphatic rings. The van der Waals surface area contributed by atoms with Crippen LogP contribution >= 0.6 is 0 Å². The molecule has 2 aromatic rings. The summed E-state index contributed by atoms with van der Waals surface area (Å²) in [4.78, 5) is 4.28. The monoisotopic (exact) mass is 276 g/mol. The van der Waals surface area contributed by atoms with Crippen molar-refractivity contribution in [1.82, 2.24) is 9.55 Å². The van der Waals surface area contributed by atoms with Gasteiger partial charge in [-0.05, 0) is 13.0 Å². The van der Waals surface area contributed by atoms with E-state index >= 15 is 0 Å². The average molecular weight is 276 g/mol. The van der Waals surface area contributed by atoms with Crippen LogP contribution < -0.4 is 9.47 Å². The first kappa shape index (κ1) is 14.4. The molecule has 20 heavy (non-hydrogen) atoms. The normalized spacial score (nSPS) is 12.2. The van der Waals surface area contributed by atoms with Crippen LogP contribution in [0.3, 0.4) is 0 Å². The second-order valence-electron chi connectivity index (χ2n) is 4.43. The molecule has 0 saturated heterocycles. The van der Waals surface area contributed by atoms with Crippen molar-refractivity contribution in [3.8, 4) is 11.5 Å². The van der Waals surface area contributed by atoms with Gasteiger partial charge in [0.25, 0.3) is 0 Å². The van der Waals surface area contributed by atoms with E-state index in [0.717, 1.165) is 12.4 Å². The molecule has 0 spiro atoms. The molecule has 1 N–H and O–H groups in total. The molecule has 108 valence electrons. The van der Waals surface area contributed by atoms with Gasteiger partial charge in [-0.15, -0.1) is 0 Å². The fourth-order valence-corrected chi connectivity index (χ4v) is 2.28. The molecule has 0 bridgehead atoms. The molecule has 5 nitrogen and oxygen atoms in total. The number of methoxy groups -OCH3 is 2. The second-order valence-corrected chi connectivity index (χ2v) is 4.43. The fourth-order valence-electron chi connectivity index (χ4n) is 2.28. The Morgan fingerprint density at radius 3 is 2.75 bits per heavy atom. The van der Waals surface area contributed by atoms with Crippen LogP contribution in [-0.4, -0.2) is 28.9 Å². The highest BCUT2D eigenvalue weighted by molar-refractivity contribution is 5.47. The minimum Gasteiger partial charge on any atom is -0.493 e. The molecule has 0 amide bonds.